The minimum absolute atomic E-state index is 0.796. The van der Waals surface area contributed by atoms with Crippen LogP contribution in [0.5, 0.6) is 0 Å². The van der Waals surface area contributed by atoms with Gasteiger partial charge in [-0.2, -0.15) is 0 Å². The first-order valence-electron chi connectivity index (χ1n) is 3.18. The van der Waals surface area contributed by atoms with Crippen molar-refractivity contribution < 1.29 is 0 Å². The van der Waals surface area contributed by atoms with E-state index in [1.54, 1.807) is 0 Å². The van der Waals surface area contributed by atoms with Gasteiger partial charge >= 0.3 is 0 Å². The van der Waals surface area contributed by atoms with E-state index in [1.165, 1.54) is 10.9 Å². The van der Waals surface area contributed by atoms with Crippen LogP contribution in [0.15, 0.2) is 18.2 Å². The lowest BCUT2D eigenvalue weighted by Gasteiger charge is -2.03. The van der Waals surface area contributed by atoms with Gasteiger partial charge in [-0.15, -0.1) is 0 Å². The third kappa shape index (κ3) is 1.51. The molecule has 1 atom stereocenters. The van der Waals surface area contributed by atoms with Crippen molar-refractivity contribution in [1.82, 2.24) is 0 Å². The summed E-state index contributed by atoms with van der Waals surface area (Å²) >= 11 is 5.94. The van der Waals surface area contributed by atoms with Crippen molar-refractivity contribution in [1.29, 1.82) is 0 Å². The Morgan fingerprint density at radius 3 is 2.50 bits per heavy atom. The van der Waals surface area contributed by atoms with Crippen LogP contribution in [0.25, 0.3) is 0 Å². The molecule has 1 aromatic rings. The molecular formula is C8H10ClP. The normalized spacial score (nSPS) is 11.1. The SMILES string of the molecule is CPc1c(C)cccc1Cl. The van der Waals surface area contributed by atoms with Gasteiger partial charge in [-0.25, -0.2) is 0 Å². The van der Waals surface area contributed by atoms with Gasteiger partial charge in [0, 0.05) is 5.02 Å². The predicted molar refractivity (Wildman–Crippen MR) is 50.1 cm³/mol. The van der Waals surface area contributed by atoms with Crippen molar-refractivity contribution in [2.75, 3.05) is 6.66 Å². The molecule has 0 fully saturated rings. The fourth-order valence-corrected chi connectivity index (χ4v) is 2.25. The van der Waals surface area contributed by atoms with Gasteiger partial charge in [0.1, 0.15) is 0 Å². The van der Waals surface area contributed by atoms with Gasteiger partial charge in [0.25, 0.3) is 0 Å². The van der Waals surface area contributed by atoms with Crippen LogP contribution < -0.4 is 5.30 Å². The molecule has 1 aromatic carbocycles. The van der Waals surface area contributed by atoms with Crippen molar-refractivity contribution in [3.8, 4) is 0 Å². The summed E-state index contributed by atoms with van der Waals surface area (Å²) in [4.78, 5) is 0. The zero-order valence-corrected chi connectivity index (χ0v) is 7.87. The molecular weight excluding hydrogens is 163 g/mol. The molecule has 10 heavy (non-hydrogen) atoms. The van der Waals surface area contributed by atoms with E-state index in [0.717, 1.165) is 13.6 Å². The Bertz CT molecular complexity index is 212. The highest BCUT2D eigenvalue weighted by atomic mass is 35.5. The maximum absolute atomic E-state index is 5.94. The van der Waals surface area contributed by atoms with Gasteiger partial charge in [0.05, 0.1) is 0 Å². The summed E-state index contributed by atoms with van der Waals surface area (Å²) in [7, 11) is 0.796. The van der Waals surface area contributed by atoms with Crippen LogP contribution >= 0.6 is 20.2 Å². The highest BCUT2D eigenvalue weighted by molar-refractivity contribution is 7.46. The zero-order chi connectivity index (χ0) is 7.56. The Morgan fingerprint density at radius 1 is 1.40 bits per heavy atom. The monoisotopic (exact) mass is 172 g/mol. The Hall–Kier alpha value is -0.0600. The molecule has 0 aliphatic carbocycles. The van der Waals surface area contributed by atoms with Gasteiger partial charge in [-0.3, -0.25) is 0 Å². The van der Waals surface area contributed by atoms with Crippen molar-refractivity contribution in [2.24, 2.45) is 0 Å². The second-order valence-corrected chi connectivity index (χ2v) is 3.59. The average Bonchev–Trinajstić information content (AvgIpc) is 1.88. The van der Waals surface area contributed by atoms with Crippen molar-refractivity contribution in [3.63, 3.8) is 0 Å². The van der Waals surface area contributed by atoms with Gasteiger partial charge in [-0.1, -0.05) is 32.3 Å². The third-order valence-corrected chi connectivity index (χ3v) is 3.11. The van der Waals surface area contributed by atoms with Crippen LogP contribution in [0.2, 0.25) is 5.02 Å². The summed E-state index contributed by atoms with van der Waals surface area (Å²) in [6.45, 7) is 4.24. The smallest absolute Gasteiger partial charge is 0.0482 e. The number of hydrogen-bond acceptors (Lipinski definition) is 0. The van der Waals surface area contributed by atoms with E-state index < -0.39 is 0 Å². The molecule has 0 bridgehead atoms. The summed E-state index contributed by atoms with van der Waals surface area (Å²) in [6.07, 6.45) is 0. The van der Waals surface area contributed by atoms with E-state index in [9.17, 15) is 0 Å². The van der Waals surface area contributed by atoms with Crippen LogP contribution in [0.3, 0.4) is 0 Å². The van der Waals surface area contributed by atoms with Crippen LogP contribution in [0, 0.1) is 6.92 Å². The first-order valence-corrected chi connectivity index (χ1v) is 5.06. The van der Waals surface area contributed by atoms with Gasteiger partial charge in [0.15, 0.2) is 0 Å². The minimum atomic E-state index is 0.796. The Balaban J connectivity index is 3.17. The fraction of sp³-hybridized carbons (Fsp3) is 0.250. The molecule has 54 valence electrons. The minimum Gasteiger partial charge on any atom is -0.0917 e. The zero-order valence-electron chi connectivity index (χ0n) is 6.11. The van der Waals surface area contributed by atoms with Crippen LogP contribution in [-0.2, 0) is 0 Å². The summed E-state index contributed by atoms with van der Waals surface area (Å²) in [5, 5.41) is 2.20. The lowest BCUT2D eigenvalue weighted by molar-refractivity contribution is 1.52. The fourth-order valence-electron chi connectivity index (χ4n) is 0.949. The highest BCUT2D eigenvalue weighted by Crippen LogP contribution is 2.16. The molecule has 0 saturated carbocycles. The molecule has 0 radical (unpaired) electrons. The van der Waals surface area contributed by atoms with E-state index in [-0.39, 0.29) is 0 Å². The van der Waals surface area contributed by atoms with Crippen molar-refractivity contribution >= 4 is 25.5 Å². The lowest BCUT2D eigenvalue weighted by atomic mass is 10.2. The van der Waals surface area contributed by atoms with Crippen molar-refractivity contribution in [2.45, 2.75) is 6.92 Å². The summed E-state index contributed by atoms with van der Waals surface area (Å²) in [6, 6.07) is 6.03. The predicted octanol–water partition coefficient (Wildman–Crippen LogP) is 2.58. The van der Waals surface area contributed by atoms with E-state index in [1.807, 2.05) is 12.1 Å². The van der Waals surface area contributed by atoms with Gasteiger partial charge in [0.2, 0.25) is 0 Å². The quantitative estimate of drug-likeness (QED) is 0.572. The molecule has 0 nitrogen and oxygen atoms in total. The molecule has 0 spiro atoms. The number of benzene rings is 1. The Morgan fingerprint density at radius 2 is 2.10 bits per heavy atom. The molecule has 0 aliphatic rings. The maximum atomic E-state index is 5.94. The topological polar surface area (TPSA) is 0 Å². The number of halogens is 1. The van der Waals surface area contributed by atoms with Gasteiger partial charge in [-0.05, 0) is 30.5 Å². The Labute approximate surface area is 68.4 Å². The molecule has 0 N–H and O–H groups in total. The standard InChI is InChI=1S/C8H10ClP/c1-6-4-3-5-7(9)8(6)10-2/h3-5,10H,1-2H3. The van der Waals surface area contributed by atoms with Crippen LogP contribution in [-0.4, -0.2) is 6.66 Å². The number of aryl methyl sites for hydroxylation is 1. The highest BCUT2D eigenvalue weighted by Gasteiger charge is 1.98. The third-order valence-electron chi connectivity index (χ3n) is 1.47. The van der Waals surface area contributed by atoms with E-state index >= 15 is 0 Å². The number of hydrogen-bond donors (Lipinski definition) is 0. The van der Waals surface area contributed by atoms with Crippen LogP contribution in [0.4, 0.5) is 0 Å². The molecule has 0 saturated heterocycles. The molecule has 0 amide bonds. The second kappa shape index (κ2) is 3.37. The second-order valence-electron chi connectivity index (χ2n) is 2.18. The summed E-state index contributed by atoms with van der Waals surface area (Å²) < 4.78 is 0. The van der Waals surface area contributed by atoms with E-state index in [2.05, 4.69) is 19.7 Å². The van der Waals surface area contributed by atoms with Gasteiger partial charge < -0.3 is 0 Å². The largest absolute Gasteiger partial charge is 0.0917 e. The van der Waals surface area contributed by atoms with Crippen molar-refractivity contribution in [3.05, 3.63) is 28.8 Å². The molecule has 0 aromatic heterocycles. The summed E-state index contributed by atoms with van der Waals surface area (Å²) in [5.74, 6) is 0. The maximum Gasteiger partial charge on any atom is 0.0482 e. The molecule has 1 unspecified atom stereocenters. The first-order chi connectivity index (χ1) is 4.75. The van der Waals surface area contributed by atoms with Crippen LogP contribution in [0.1, 0.15) is 5.56 Å². The van der Waals surface area contributed by atoms with E-state index in [0.29, 0.717) is 0 Å². The summed E-state index contributed by atoms with van der Waals surface area (Å²) in [5.41, 5.74) is 1.30. The Kier molecular flexibility index (Phi) is 2.71. The molecule has 0 aliphatic heterocycles. The average molecular weight is 173 g/mol. The molecule has 2 heteroatoms. The first kappa shape index (κ1) is 8.04. The van der Waals surface area contributed by atoms with E-state index in [4.69, 9.17) is 11.6 Å². The lowest BCUT2D eigenvalue weighted by Crippen LogP contribution is -1.99. The number of rotatable bonds is 1. The molecule has 0 heterocycles. The molecule has 1 rings (SSSR count).